The second-order valence-electron chi connectivity index (χ2n) is 13.0. The highest BCUT2D eigenvalue weighted by Crippen LogP contribution is 2.57. The molecule has 1 aromatic heterocycles. The van der Waals surface area contributed by atoms with Gasteiger partial charge in [0.15, 0.2) is 0 Å². The number of nitrogens with one attached hydrogen (secondary N) is 2. The van der Waals surface area contributed by atoms with Gasteiger partial charge in [0.05, 0.1) is 30.5 Å². The molecule has 0 radical (unpaired) electrons. The van der Waals surface area contributed by atoms with E-state index in [0.717, 1.165) is 69.9 Å². The van der Waals surface area contributed by atoms with Crippen LogP contribution in [0, 0.1) is 5.82 Å². The number of anilines is 4. The molecule has 2 N–H and O–H groups in total. The summed E-state index contributed by atoms with van der Waals surface area (Å²) >= 11 is 3.60. The third-order valence-corrected chi connectivity index (χ3v) is 12.7. The van der Waals surface area contributed by atoms with Gasteiger partial charge in [0.1, 0.15) is 29.8 Å². The molecule has 0 amide bonds. The van der Waals surface area contributed by atoms with Crippen LogP contribution in [0.5, 0.6) is 5.75 Å². The van der Waals surface area contributed by atoms with Crippen molar-refractivity contribution in [1.82, 2.24) is 14.9 Å². The molecule has 0 saturated carbocycles. The number of aryl methyl sites for hydroxylation is 1. The fourth-order valence-corrected chi connectivity index (χ4v) is 8.60. The zero-order chi connectivity index (χ0) is 33.9. The van der Waals surface area contributed by atoms with E-state index >= 15 is 0 Å². The van der Waals surface area contributed by atoms with Gasteiger partial charge in [0.25, 0.3) is 0 Å². The van der Waals surface area contributed by atoms with Crippen LogP contribution in [-0.4, -0.2) is 86.0 Å². The molecule has 2 aliphatic heterocycles. The normalized spacial score (nSPS) is 20.8. The molecule has 0 spiro atoms. The number of ether oxygens (including phenoxy) is 2. The lowest BCUT2D eigenvalue weighted by atomic mass is 9.93. The average molecular weight is 740 g/mol. The summed E-state index contributed by atoms with van der Waals surface area (Å²) in [5.74, 6) is 1.23. The van der Waals surface area contributed by atoms with Gasteiger partial charge in [-0.3, -0.25) is 4.90 Å². The second kappa shape index (κ2) is 14.7. The first-order valence-electron chi connectivity index (χ1n) is 16.6. The number of morpholine rings is 1. The van der Waals surface area contributed by atoms with E-state index in [4.69, 9.17) is 14.5 Å². The number of halogens is 2. The molecule has 1 aliphatic carbocycles. The Labute approximate surface area is 291 Å². The summed E-state index contributed by atoms with van der Waals surface area (Å²) in [6.07, 6.45) is 10.7. The van der Waals surface area contributed by atoms with Crippen LogP contribution in [0.3, 0.4) is 0 Å². The lowest BCUT2D eigenvalue weighted by Gasteiger charge is -2.41. The van der Waals surface area contributed by atoms with Gasteiger partial charge in [-0.05, 0) is 71.8 Å². The summed E-state index contributed by atoms with van der Waals surface area (Å²) in [6, 6.07) is 11.5. The van der Waals surface area contributed by atoms with Crippen molar-refractivity contribution in [3.05, 3.63) is 82.2 Å². The highest BCUT2D eigenvalue weighted by atomic mass is 79.9. The van der Waals surface area contributed by atoms with Crippen molar-refractivity contribution in [2.45, 2.75) is 43.9 Å². The van der Waals surface area contributed by atoms with Gasteiger partial charge < -0.3 is 29.6 Å². The van der Waals surface area contributed by atoms with Crippen molar-refractivity contribution in [2.24, 2.45) is 0 Å². The Balaban J connectivity index is 1.23. The largest absolute Gasteiger partial charge is 0.494 e. The SMILES string of the molecule is CCc1cc(Nc2ncc(Br)c(NC3(P(C)(C)=O)C=CC=C(c4ccccc4F)C3)n2)c(OC)cc1N1CCC(N2CCOCC2)CC1. The number of nitrogens with zero attached hydrogens (tertiary/aromatic N) is 4. The third-order valence-electron chi connectivity index (χ3n) is 9.78. The molecule has 12 heteroatoms. The third kappa shape index (κ3) is 7.34. The van der Waals surface area contributed by atoms with E-state index in [-0.39, 0.29) is 5.82 Å². The second-order valence-corrected chi connectivity index (χ2v) is 17.4. The van der Waals surface area contributed by atoms with Crippen molar-refractivity contribution in [3.63, 3.8) is 0 Å². The Morgan fingerprint density at radius 2 is 1.90 bits per heavy atom. The van der Waals surface area contributed by atoms with Crippen LogP contribution < -0.4 is 20.3 Å². The molecule has 2 aromatic carbocycles. The van der Waals surface area contributed by atoms with Crippen molar-refractivity contribution in [2.75, 3.05) is 75.4 Å². The number of hydrogen-bond donors (Lipinski definition) is 2. The molecule has 0 bridgehead atoms. The minimum Gasteiger partial charge on any atom is -0.494 e. The van der Waals surface area contributed by atoms with E-state index in [2.05, 4.69) is 60.4 Å². The molecule has 3 aromatic rings. The summed E-state index contributed by atoms with van der Waals surface area (Å²) < 4.78 is 40.8. The van der Waals surface area contributed by atoms with Crippen LogP contribution >= 0.6 is 23.1 Å². The number of methoxy groups -OCH3 is 1. The molecule has 3 heterocycles. The van der Waals surface area contributed by atoms with E-state index in [0.29, 0.717) is 40.0 Å². The van der Waals surface area contributed by atoms with E-state index < -0.39 is 12.4 Å². The number of allylic oxidation sites excluding steroid dienone is 2. The molecule has 2 saturated heterocycles. The van der Waals surface area contributed by atoms with E-state index in [1.807, 2.05) is 24.3 Å². The first kappa shape index (κ1) is 34.6. The molecular weight excluding hydrogens is 694 g/mol. The zero-order valence-corrected chi connectivity index (χ0v) is 30.6. The maximum Gasteiger partial charge on any atom is 0.229 e. The zero-order valence-electron chi connectivity index (χ0n) is 28.1. The van der Waals surface area contributed by atoms with Gasteiger partial charge in [0.2, 0.25) is 5.95 Å². The first-order chi connectivity index (χ1) is 23.1. The molecular formula is C36H45BrFN6O3P. The Bertz CT molecular complexity index is 1730. The predicted octanol–water partition coefficient (Wildman–Crippen LogP) is 7.77. The Hall–Kier alpha value is -3.24. The molecule has 3 aliphatic rings. The Morgan fingerprint density at radius 1 is 1.15 bits per heavy atom. The van der Waals surface area contributed by atoms with Crippen LogP contribution in [0.4, 0.5) is 27.5 Å². The summed E-state index contributed by atoms with van der Waals surface area (Å²) in [7, 11) is -1.19. The van der Waals surface area contributed by atoms with Gasteiger partial charge >= 0.3 is 0 Å². The molecule has 256 valence electrons. The summed E-state index contributed by atoms with van der Waals surface area (Å²) in [4.78, 5) is 14.4. The van der Waals surface area contributed by atoms with Gasteiger partial charge in [-0.2, -0.15) is 4.98 Å². The van der Waals surface area contributed by atoms with Crippen molar-refractivity contribution >= 4 is 51.8 Å². The van der Waals surface area contributed by atoms with Crippen LogP contribution in [0.15, 0.2) is 65.3 Å². The standard InChI is InChI=1S/C36H45BrFN6O3P/c1-5-25-21-31(33(46-2)22-32(25)44-15-12-27(13-16-44)43-17-19-47-20-18-43)40-35-39-24-29(37)34(41-35)42-36(48(3,4)45)14-8-9-26(23-36)28-10-6-7-11-30(28)38/h6-11,14,21-22,24,27H,5,12-13,15-20,23H2,1-4H3,(H2,39,40,41,42). The number of aromatic nitrogens is 2. The molecule has 1 atom stereocenters. The highest BCUT2D eigenvalue weighted by Gasteiger charge is 2.42. The highest BCUT2D eigenvalue weighted by molar-refractivity contribution is 9.10. The summed E-state index contributed by atoms with van der Waals surface area (Å²) in [6.45, 7) is 11.4. The van der Waals surface area contributed by atoms with Crippen LogP contribution in [0.1, 0.15) is 37.3 Å². The van der Waals surface area contributed by atoms with Gasteiger partial charge in [0, 0.05) is 62.2 Å². The van der Waals surface area contributed by atoms with Gasteiger partial charge in [-0.25, -0.2) is 9.37 Å². The van der Waals surface area contributed by atoms with E-state index in [9.17, 15) is 8.96 Å². The topological polar surface area (TPSA) is 91.8 Å². The monoisotopic (exact) mass is 738 g/mol. The maximum atomic E-state index is 14.8. The number of hydrogen-bond acceptors (Lipinski definition) is 9. The van der Waals surface area contributed by atoms with Crippen LogP contribution in [-0.2, 0) is 15.7 Å². The molecule has 9 nitrogen and oxygen atoms in total. The lowest BCUT2D eigenvalue weighted by molar-refractivity contribution is 0.0115. The summed E-state index contributed by atoms with van der Waals surface area (Å²) in [5, 5.41) is 5.87. The van der Waals surface area contributed by atoms with Crippen molar-refractivity contribution in [1.29, 1.82) is 0 Å². The Morgan fingerprint density at radius 3 is 2.58 bits per heavy atom. The summed E-state index contributed by atoms with van der Waals surface area (Å²) in [5.41, 5.74) is 4.44. The first-order valence-corrected chi connectivity index (χ1v) is 20.0. The fraction of sp³-hybridized carbons (Fsp3) is 0.444. The minimum absolute atomic E-state index is 0.312. The molecule has 1 unspecified atom stereocenters. The predicted molar refractivity (Wildman–Crippen MR) is 197 cm³/mol. The van der Waals surface area contributed by atoms with Gasteiger partial charge in [-0.1, -0.05) is 43.4 Å². The van der Waals surface area contributed by atoms with E-state index in [1.165, 1.54) is 17.3 Å². The quantitative estimate of drug-likeness (QED) is 0.203. The van der Waals surface area contributed by atoms with Crippen molar-refractivity contribution in [3.8, 4) is 5.75 Å². The van der Waals surface area contributed by atoms with Crippen LogP contribution in [0.2, 0.25) is 0 Å². The molecule has 48 heavy (non-hydrogen) atoms. The molecule has 6 rings (SSSR count). The number of piperidine rings is 1. The minimum atomic E-state index is -2.86. The number of rotatable bonds is 10. The van der Waals surface area contributed by atoms with Crippen molar-refractivity contribution < 1.29 is 18.4 Å². The maximum absolute atomic E-state index is 14.8. The van der Waals surface area contributed by atoms with E-state index in [1.54, 1.807) is 38.8 Å². The van der Waals surface area contributed by atoms with Gasteiger partial charge in [-0.15, -0.1) is 0 Å². The fourth-order valence-electron chi connectivity index (χ4n) is 6.94. The molecule has 2 fully saturated rings. The number of benzene rings is 2. The van der Waals surface area contributed by atoms with Crippen LogP contribution in [0.25, 0.3) is 5.57 Å². The smallest absolute Gasteiger partial charge is 0.229 e. The Kier molecular flexibility index (Phi) is 10.6. The lowest BCUT2D eigenvalue weighted by Crippen LogP contribution is -2.49. The average Bonchev–Trinajstić information content (AvgIpc) is 3.10.